The topological polar surface area (TPSA) is 15.3 Å². The highest BCUT2D eigenvalue weighted by Crippen LogP contribution is 2.28. The van der Waals surface area contributed by atoms with Crippen LogP contribution in [0.1, 0.15) is 33.1 Å². The monoisotopic (exact) mass is 182 g/mol. The first-order valence-electron chi connectivity index (χ1n) is 5.62. The summed E-state index contributed by atoms with van der Waals surface area (Å²) in [6.45, 7) is 9.64. The van der Waals surface area contributed by atoms with Crippen molar-refractivity contribution < 1.29 is 0 Å². The first kappa shape index (κ1) is 9.47. The average Bonchev–Trinajstić information content (AvgIpc) is 2.07. The summed E-state index contributed by atoms with van der Waals surface area (Å²) in [6.07, 6.45) is 4.33. The normalized spacial score (nSPS) is 30.9. The van der Waals surface area contributed by atoms with E-state index in [-0.39, 0.29) is 0 Å². The van der Waals surface area contributed by atoms with Gasteiger partial charge in [0.15, 0.2) is 0 Å². The van der Waals surface area contributed by atoms with Crippen molar-refractivity contribution >= 4 is 0 Å². The van der Waals surface area contributed by atoms with Crippen LogP contribution in [0.5, 0.6) is 0 Å². The highest BCUT2D eigenvalue weighted by atomic mass is 15.2. The van der Waals surface area contributed by atoms with Crippen molar-refractivity contribution in [3.63, 3.8) is 0 Å². The van der Waals surface area contributed by atoms with Crippen LogP contribution in [0.15, 0.2) is 0 Å². The van der Waals surface area contributed by atoms with Crippen LogP contribution in [0.25, 0.3) is 0 Å². The van der Waals surface area contributed by atoms with Gasteiger partial charge in [-0.3, -0.25) is 4.90 Å². The van der Waals surface area contributed by atoms with E-state index in [2.05, 4.69) is 24.1 Å². The maximum atomic E-state index is 3.53. The van der Waals surface area contributed by atoms with Crippen LogP contribution in [0, 0.1) is 5.41 Å². The fraction of sp³-hybridized carbons (Fsp3) is 1.00. The zero-order chi connectivity index (χ0) is 9.31. The molecule has 2 aliphatic rings. The summed E-state index contributed by atoms with van der Waals surface area (Å²) >= 11 is 0. The second-order valence-electron chi connectivity index (χ2n) is 5.40. The molecule has 1 aliphatic heterocycles. The van der Waals surface area contributed by atoms with E-state index in [0.29, 0.717) is 5.41 Å². The lowest BCUT2D eigenvalue weighted by Crippen LogP contribution is -2.45. The van der Waals surface area contributed by atoms with E-state index < -0.39 is 0 Å². The van der Waals surface area contributed by atoms with E-state index in [9.17, 15) is 0 Å². The Morgan fingerprint density at radius 1 is 1.31 bits per heavy atom. The summed E-state index contributed by atoms with van der Waals surface area (Å²) in [5, 5.41) is 3.53. The van der Waals surface area contributed by atoms with Crippen LogP contribution >= 0.6 is 0 Å². The van der Waals surface area contributed by atoms with E-state index in [1.807, 2.05) is 0 Å². The van der Waals surface area contributed by atoms with Gasteiger partial charge in [0.05, 0.1) is 0 Å². The minimum Gasteiger partial charge on any atom is -0.315 e. The van der Waals surface area contributed by atoms with E-state index in [0.717, 1.165) is 6.04 Å². The average molecular weight is 182 g/mol. The lowest BCUT2D eigenvalue weighted by atomic mass is 9.87. The molecule has 1 saturated heterocycles. The van der Waals surface area contributed by atoms with Gasteiger partial charge in [-0.15, -0.1) is 0 Å². The molecule has 0 aromatic rings. The summed E-state index contributed by atoms with van der Waals surface area (Å²) in [6, 6.07) is 0.916. The zero-order valence-electron chi connectivity index (χ0n) is 8.97. The van der Waals surface area contributed by atoms with Crippen molar-refractivity contribution in [3.05, 3.63) is 0 Å². The smallest absolute Gasteiger partial charge is 0.0110 e. The quantitative estimate of drug-likeness (QED) is 0.660. The Labute approximate surface area is 81.7 Å². The molecule has 1 saturated carbocycles. The molecule has 2 fully saturated rings. The van der Waals surface area contributed by atoms with E-state index in [1.165, 1.54) is 45.4 Å². The van der Waals surface area contributed by atoms with Gasteiger partial charge < -0.3 is 5.32 Å². The van der Waals surface area contributed by atoms with E-state index in [1.54, 1.807) is 0 Å². The van der Waals surface area contributed by atoms with Crippen molar-refractivity contribution in [3.8, 4) is 0 Å². The van der Waals surface area contributed by atoms with E-state index >= 15 is 0 Å². The van der Waals surface area contributed by atoms with Crippen molar-refractivity contribution in [1.29, 1.82) is 0 Å². The molecule has 13 heavy (non-hydrogen) atoms. The second-order valence-corrected chi connectivity index (χ2v) is 5.40. The largest absolute Gasteiger partial charge is 0.315 e. The van der Waals surface area contributed by atoms with Crippen molar-refractivity contribution in [2.45, 2.75) is 39.2 Å². The molecule has 0 aromatic heterocycles. The van der Waals surface area contributed by atoms with Gasteiger partial charge in [-0.2, -0.15) is 0 Å². The summed E-state index contributed by atoms with van der Waals surface area (Å²) in [5.74, 6) is 0. The molecule has 1 N–H and O–H groups in total. The molecular formula is C11H22N2. The fourth-order valence-electron chi connectivity index (χ4n) is 2.40. The maximum absolute atomic E-state index is 3.53. The molecule has 2 heteroatoms. The Hall–Kier alpha value is -0.0800. The van der Waals surface area contributed by atoms with Crippen LogP contribution in [0.3, 0.4) is 0 Å². The molecule has 0 aromatic carbocycles. The van der Waals surface area contributed by atoms with Gasteiger partial charge in [0.1, 0.15) is 0 Å². The van der Waals surface area contributed by atoms with Gasteiger partial charge in [-0.1, -0.05) is 20.3 Å². The van der Waals surface area contributed by atoms with Crippen LogP contribution in [0.4, 0.5) is 0 Å². The first-order valence-corrected chi connectivity index (χ1v) is 5.62. The van der Waals surface area contributed by atoms with Crippen molar-refractivity contribution in [2.75, 3.05) is 26.2 Å². The first-order chi connectivity index (χ1) is 6.17. The molecule has 0 radical (unpaired) electrons. The minimum absolute atomic E-state index is 0.464. The Bertz CT molecular complexity index is 173. The summed E-state index contributed by atoms with van der Waals surface area (Å²) in [4.78, 5) is 2.70. The Balaban J connectivity index is 1.93. The zero-order valence-corrected chi connectivity index (χ0v) is 8.97. The Morgan fingerprint density at radius 2 is 2.08 bits per heavy atom. The third kappa shape index (κ3) is 2.23. The predicted octanol–water partition coefficient (Wildman–Crippen LogP) is 1.47. The van der Waals surface area contributed by atoms with Gasteiger partial charge >= 0.3 is 0 Å². The molecule has 0 spiro atoms. The maximum Gasteiger partial charge on any atom is 0.0110 e. The second kappa shape index (κ2) is 3.58. The molecular weight excluding hydrogens is 160 g/mol. The van der Waals surface area contributed by atoms with E-state index in [4.69, 9.17) is 0 Å². The summed E-state index contributed by atoms with van der Waals surface area (Å²) < 4.78 is 0. The standard InChI is InChI=1S/C11H22N2/c1-11(2)8-12-6-7-13(9-11)10-4-3-5-10/h10,12H,3-9H2,1-2H3. The van der Waals surface area contributed by atoms with Gasteiger partial charge in [0, 0.05) is 32.2 Å². The Morgan fingerprint density at radius 3 is 2.69 bits per heavy atom. The number of nitrogens with one attached hydrogen (secondary N) is 1. The van der Waals surface area contributed by atoms with Crippen molar-refractivity contribution in [1.82, 2.24) is 10.2 Å². The molecule has 0 bridgehead atoms. The highest BCUT2D eigenvalue weighted by Gasteiger charge is 2.31. The van der Waals surface area contributed by atoms with Crippen molar-refractivity contribution in [2.24, 2.45) is 5.41 Å². The molecule has 2 nitrogen and oxygen atoms in total. The SMILES string of the molecule is CC1(C)CNCCN(C2CCC2)C1. The van der Waals surface area contributed by atoms with Gasteiger partial charge in [0.2, 0.25) is 0 Å². The highest BCUT2D eigenvalue weighted by molar-refractivity contribution is 4.87. The number of rotatable bonds is 1. The van der Waals surface area contributed by atoms with Gasteiger partial charge in [0.25, 0.3) is 0 Å². The summed E-state index contributed by atoms with van der Waals surface area (Å²) in [7, 11) is 0. The fourth-order valence-corrected chi connectivity index (χ4v) is 2.40. The number of nitrogens with zero attached hydrogens (tertiary/aromatic N) is 1. The Kier molecular flexibility index (Phi) is 2.61. The molecule has 1 aliphatic carbocycles. The third-order valence-electron chi connectivity index (χ3n) is 3.40. The third-order valence-corrected chi connectivity index (χ3v) is 3.40. The number of hydrogen-bond acceptors (Lipinski definition) is 2. The van der Waals surface area contributed by atoms with Gasteiger partial charge in [-0.05, 0) is 18.3 Å². The molecule has 2 rings (SSSR count). The minimum atomic E-state index is 0.464. The summed E-state index contributed by atoms with van der Waals surface area (Å²) in [5.41, 5.74) is 0.464. The molecule has 0 amide bonds. The molecule has 0 unspecified atom stereocenters. The van der Waals surface area contributed by atoms with Crippen LogP contribution < -0.4 is 5.32 Å². The van der Waals surface area contributed by atoms with Crippen LogP contribution in [0.2, 0.25) is 0 Å². The molecule has 0 atom stereocenters. The molecule has 76 valence electrons. The predicted molar refractivity (Wildman–Crippen MR) is 55.9 cm³/mol. The van der Waals surface area contributed by atoms with Crippen LogP contribution in [-0.4, -0.2) is 37.1 Å². The molecule has 1 heterocycles. The van der Waals surface area contributed by atoms with Crippen LogP contribution in [-0.2, 0) is 0 Å². The number of hydrogen-bond donors (Lipinski definition) is 1. The van der Waals surface area contributed by atoms with Gasteiger partial charge in [-0.25, -0.2) is 0 Å². The lowest BCUT2D eigenvalue weighted by Gasteiger charge is -2.39. The lowest BCUT2D eigenvalue weighted by molar-refractivity contribution is 0.0998.